The molecule has 0 aliphatic carbocycles. The molecule has 0 aromatic carbocycles. The Bertz CT molecular complexity index is 722. The van der Waals surface area contributed by atoms with E-state index in [-0.39, 0.29) is 5.41 Å². The summed E-state index contributed by atoms with van der Waals surface area (Å²) in [5.74, 6) is -2.42. The van der Waals surface area contributed by atoms with Crippen LogP contribution in [0, 0.1) is 12.3 Å². The Morgan fingerprint density at radius 2 is 2.11 bits per heavy atom. The highest BCUT2D eigenvalue weighted by Crippen LogP contribution is 2.40. The fourth-order valence-electron chi connectivity index (χ4n) is 3.67. The third-order valence-corrected chi connectivity index (χ3v) is 5.72. The Hall–Kier alpha value is -1.94. The second kappa shape index (κ2) is 9.04. The first-order valence-corrected chi connectivity index (χ1v) is 9.79. The average Bonchev–Trinajstić information content (AvgIpc) is 3.14. The summed E-state index contributed by atoms with van der Waals surface area (Å²) >= 11 is 1.70. The lowest BCUT2D eigenvalue weighted by Gasteiger charge is -2.38. The first kappa shape index (κ1) is 22.4. The van der Waals surface area contributed by atoms with Crippen molar-refractivity contribution in [1.29, 1.82) is 0 Å². The molecule has 1 N–H and O–H groups in total. The lowest BCUT2D eigenvalue weighted by atomic mass is 9.78. The highest BCUT2D eigenvalue weighted by molar-refractivity contribution is 7.09. The Morgan fingerprint density at radius 3 is 2.64 bits per heavy atom. The lowest BCUT2D eigenvalue weighted by Crippen LogP contribution is -2.47. The second-order valence-electron chi connectivity index (χ2n) is 7.05. The number of aryl methyl sites for hydroxylation is 1. The molecule has 3 rings (SSSR count). The van der Waals surface area contributed by atoms with Gasteiger partial charge in [0.2, 0.25) is 5.91 Å². The first-order chi connectivity index (χ1) is 13.1. The molecule has 2 aliphatic rings. The number of aliphatic carboxylic acids is 1. The number of carbonyl (C=O) groups excluding carboxylic acids is 1. The smallest absolute Gasteiger partial charge is 0.475 e. The zero-order chi connectivity index (χ0) is 20.9. The van der Waals surface area contributed by atoms with Gasteiger partial charge in [0.15, 0.2) is 0 Å². The summed E-state index contributed by atoms with van der Waals surface area (Å²) in [5.41, 5.74) is 0.995. The summed E-state index contributed by atoms with van der Waals surface area (Å²) in [6.45, 7) is 10.2. The minimum atomic E-state index is -5.08. The summed E-state index contributed by atoms with van der Waals surface area (Å²) in [7, 11) is 0. The van der Waals surface area contributed by atoms with Crippen LogP contribution in [0.15, 0.2) is 18.0 Å². The van der Waals surface area contributed by atoms with Crippen molar-refractivity contribution in [1.82, 2.24) is 14.8 Å². The largest absolute Gasteiger partial charge is 0.490 e. The van der Waals surface area contributed by atoms with E-state index < -0.39 is 12.1 Å². The van der Waals surface area contributed by atoms with Gasteiger partial charge in [0.25, 0.3) is 0 Å². The van der Waals surface area contributed by atoms with E-state index in [0.717, 1.165) is 56.1 Å². The van der Waals surface area contributed by atoms with Crippen molar-refractivity contribution < 1.29 is 27.9 Å². The minimum absolute atomic E-state index is 0.147. The zero-order valence-electron chi connectivity index (χ0n) is 15.7. The van der Waals surface area contributed by atoms with Gasteiger partial charge in [-0.05, 0) is 32.7 Å². The maximum absolute atomic E-state index is 12.7. The number of piperidine rings is 1. The van der Waals surface area contributed by atoms with E-state index in [9.17, 15) is 18.0 Å². The Morgan fingerprint density at radius 1 is 1.43 bits per heavy atom. The molecule has 156 valence electrons. The predicted octanol–water partition coefficient (Wildman–Crippen LogP) is 3.09. The van der Waals surface area contributed by atoms with Gasteiger partial charge in [-0.2, -0.15) is 13.2 Å². The summed E-state index contributed by atoms with van der Waals surface area (Å²) in [4.78, 5) is 30.5. The molecule has 28 heavy (non-hydrogen) atoms. The van der Waals surface area contributed by atoms with Crippen LogP contribution in [0.2, 0.25) is 0 Å². The molecule has 1 spiro atoms. The van der Waals surface area contributed by atoms with Gasteiger partial charge in [-0.3, -0.25) is 9.69 Å². The van der Waals surface area contributed by atoms with Crippen molar-refractivity contribution in [3.05, 3.63) is 28.7 Å². The minimum Gasteiger partial charge on any atom is -0.475 e. The number of alkyl halides is 3. The van der Waals surface area contributed by atoms with Gasteiger partial charge in [0.1, 0.15) is 0 Å². The number of likely N-dealkylation sites (tertiary alicyclic amines) is 2. The van der Waals surface area contributed by atoms with E-state index in [0.29, 0.717) is 12.5 Å². The fourth-order valence-corrected chi connectivity index (χ4v) is 4.28. The number of aromatic nitrogens is 1. The van der Waals surface area contributed by atoms with Crippen LogP contribution >= 0.6 is 11.3 Å². The number of carbonyl (C=O) groups is 2. The standard InChI is InChI=1S/C16H23N3OS.C2HF3O2/c1-3-7-19-9-6-16(15(19)20)5-4-8-18(12-16)10-14-11-21-13(2)17-14;3-2(4,5)1(6)7/h3,11H,1,4-10,12H2,2H3;(H,6,7). The fraction of sp³-hybridized carbons (Fsp3) is 0.611. The van der Waals surface area contributed by atoms with E-state index in [1.165, 1.54) is 0 Å². The van der Waals surface area contributed by atoms with Crippen molar-refractivity contribution >= 4 is 23.2 Å². The monoisotopic (exact) mass is 419 g/mol. The lowest BCUT2D eigenvalue weighted by molar-refractivity contribution is -0.192. The summed E-state index contributed by atoms with van der Waals surface area (Å²) < 4.78 is 31.7. The van der Waals surface area contributed by atoms with Gasteiger partial charge in [0.05, 0.1) is 16.1 Å². The number of halogens is 3. The van der Waals surface area contributed by atoms with Gasteiger partial charge in [-0.1, -0.05) is 6.08 Å². The number of carboxylic acid groups (broad SMARTS) is 1. The quantitative estimate of drug-likeness (QED) is 0.760. The van der Waals surface area contributed by atoms with E-state index in [2.05, 4.69) is 21.8 Å². The Kier molecular flexibility index (Phi) is 7.22. The SMILES string of the molecule is C=CCN1CCC2(CCCN(Cc3csc(C)n3)C2)C1=O.O=C(O)C(F)(F)F. The average molecular weight is 419 g/mol. The second-order valence-corrected chi connectivity index (χ2v) is 8.11. The van der Waals surface area contributed by atoms with E-state index in [1.54, 1.807) is 11.3 Å². The molecule has 3 heterocycles. The normalized spacial score (nSPS) is 22.9. The van der Waals surface area contributed by atoms with Gasteiger partial charge in [-0.15, -0.1) is 17.9 Å². The molecular weight excluding hydrogens is 395 g/mol. The molecule has 0 saturated carbocycles. The molecule has 6 nitrogen and oxygen atoms in total. The molecule has 1 amide bonds. The van der Waals surface area contributed by atoms with Gasteiger partial charge in [-0.25, -0.2) is 9.78 Å². The number of hydrogen-bond acceptors (Lipinski definition) is 5. The Balaban J connectivity index is 0.000000345. The number of thiazole rings is 1. The highest BCUT2D eigenvalue weighted by Gasteiger charge is 2.48. The van der Waals surface area contributed by atoms with Gasteiger partial charge in [0, 0.05) is 31.6 Å². The van der Waals surface area contributed by atoms with Crippen molar-refractivity contribution in [2.75, 3.05) is 26.2 Å². The number of rotatable bonds is 4. The van der Waals surface area contributed by atoms with Gasteiger partial charge < -0.3 is 10.0 Å². The van der Waals surface area contributed by atoms with Crippen LogP contribution in [-0.4, -0.2) is 64.1 Å². The van der Waals surface area contributed by atoms with Gasteiger partial charge >= 0.3 is 12.1 Å². The molecule has 1 aromatic rings. The predicted molar refractivity (Wildman–Crippen MR) is 98.9 cm³/mol. The molecule has 1 aromatic heterocycles. The molecule has 0 bridgehead atoms. The van der Waals surface area contributed by atoms with E-state index >= 15 is 0 Å². The number of hydrogen-bond donors (Lipinski definition) is 1. The molecular formula is C18H24F3N3O3S. The third kappa shape index (κ3) is 5.54. The van der Waals surface area contributed by atoms with Crippen LogP contribution in [0.3, 0.4) is 0 Å². The number of carboxylic acids is 1. The van der Waals surface area contributed by atoms with E-state index in [4.69, 9.17) is 9.90 Å². The maximum Gasteiger partial charge on any atom is 0.490 e. The number of amides is 1. The van der Waals surface area contributed by atoms with Crippen LogP contribution < -0.4 is 0 Å². The van der Waals surface area contributed by atoms with Crippen LogP contribution in [0.5, 0.6) is 0 Å². The maximum atomic E-state index is 12.7. The molecule has 1 atom stereocenters. The van der Waals surface area contributed by atoms with Crippen molar-refractivity contribution in [3.63, 3.8) is 0 Å². The van der Waals surface area contributed by atoms with Crippen LogP contribution in [0.1, 0.15) is 30.0 Å². The summed E-state index contributed by atoms with van der Waals surface area (Å²) in [6.07, 6.45) is -0.120. The third-order valence-electron chi connectivity index (χ3n) is 4.90. The van der Waals surface area contributed by atoms with E-state index in [1.807, 2.05) is 17.9 Å². The van der Waals surface area contributed by atoms with Crippen molar-refractivity contribution in [2.45, 2.75) is 38.9 Å². The molecule has 0 radical (unpaired) electrons. The topological polar surface area (TPSA) is 73.7 Å². The Labute approximate surface area is 165 Å². The molecule has 2 fully saturated rings. The summed E-state index contributed by atoms with van der Waals surface area (Å²) in [5, 5.41) is 10.4. The molecule has 2 aliphatic heterocycles. The summed E-state index contributed by atoms with van der Waals surface area (Å²) in [6, 6.07) is 0. The zero-order valence-corrected chi connectivity index (χ0v) is 16.5. The molecule has 1 unspecified atom stereocenters. The van der Waals surface area contributed by atoms with Crippen molar-refractivity contribution in [3.8, 4) is 0 Å². The van der Waals surface area contributed by atoms with Crippen molar-refractivity contribution in [2.24, 2.45) is 5.41 Å². The van der Waals surface area contributed by atoms with Crippen LogP contribution in [0.25, 0.3) is 0 Å². The molecule has 10 heteroatoms. The highest BCUT2D eigenvalue weighted by atomic mass is 32.1. The van der Waals surface area contributed by atoms with Crippen LogP contribution in [-0.2, 0) is 16.1 Å². The first-order valence-electron chi connectivity index (χ1n) is 8.91. The number of nitrogens with zero attached hydrogens (tertiary/aromatic N) is 3. The van der Waals surface area contributed by atoms with Crippen LogP contribution in [0.4, 0.5) is 13.2 Å². The molecule has 2 saturated heterocycles.